The van der Waals surface area contributed by atoms with Gasteiger partial charge in [-0.1, -0.05) is 12.1 Å². The third kappa shape index (κ3) is 6.09. The molecule has 190 valence electrons. The van der Waals surface area contributed by atoms with E-state index in [1.807, 2.05) is 0 Å². The van der Waals surface area contributed by atoms with Gasteiger partial charge >= 0.3 is 6.36 Å². The molecule has 1 aromatic carbocycles. The summed E-state index contributed by atoms with van der Waals surface area (Å²) in [6.45, 7) is -0.0734. The smallest absolute Gasteiger partial charge is 0.471 e. The third-order valence-electron chi connectivity index (χ3n) is 5.56. The summed E-state index contributed by atoms with van der Waals surface area (Å²) < 4.78 is 61.2. The minimum absolute atomic E-state index is 0.0163. The fourth-order valence-electron chi connectivity index (χ4n) is 3.77. The van der Waals surface area contributed by atoms with Crippen LogP contribution in [0.5, 0.6) is 11.6 Å². The zero-order valence-corrected chi connectivity index (χ0v) is 18.7. The van der Waals surface area contributed by atoms with Crippen LogP contribution < -0.4 is 15.2 Å². The highest BCUT2D eigenvalue weighted by atomic mass is 19.4. The van der Waals surface area contributed by atoms with Crippen LogP contribution in [0.2, 0.25) is 0 Å². The molecule has 0 aliphatic carbocycles. The Hall–Kier alpha value is -4.16. The molecule has 0 bridgehead atoms. The maximum absolute atomic E-state index is 14.9. The van der Waals surface area contributed by atoms with Gasteiger partial charge < -0.3 is 20.1 Å². The van der Waals surface area contributed by atoms with E-state index in [-0.39, 0.29) is 43.3 Å². The number of halogens is 4. The number of alkyl halides is 4. The number of aromatic nitrogens is 3. The Kier molecular flexibility index (Phi) is 7.08. The lowest BCUT2D eigenvalue weighted by atomic mass is 10.0. The van der Waals surface area contributed by atoms with Crippen molar-refractivity contribution >= 4 is 11.8 Å². The topological polar surface area (TPSA) is 123 Å². The van der Waals surface area contributed by atoms with Crippen LogP contribution in [0.15, 0.2) is 48.9 Å². The summed E-state index contributed by atoms with van der Waals surface area (Å²) in [5.41, 5.74) is 7.14. The van der Waals surface area contributed by atoms with Crippen molar-refractivity contribution in [2.75, 3.05) is 13.1 Å². The number of piperidine rings is 1. The minimum Gasteiger partial charge on any atom is -0.471 e. The zero-order chi connectivity index (χ0) is 25.9. The van der Waals surface area contributed by atoms with Crippen LogP contribution in [0.25, 0.3) is 11.1 Å². The molecule has 3 heterocycles. The SMILES string of the molecule is NC(=O)c1cc(-c2cn[nH]c2)cnc1OC1CCN(C(=O)Cc2ccc(OC(F)(F)F)cc2)CC1F. The number of pyridine rings is 1. The number of nitrogens with two attached hydrogens (primary N) is 1. The van der Waals surface area contributed by atoms with Crippen molar-refractivity contribution in [3.8, 4) is 22.8 Å². The number of carbonyl (C=O) groups is 2. The molecule has 4 rings (SSSR count). The average Bonchev–Trinajstić information content (AvgIpc) is 3.36. The molecule has 3 aromatic rings. The molecule has 2 aromatic heterocycles. The van der Waals surface area contributed by atoms with E-state index in [1.54, 1.807) is 6.20 Å². The molecule has 1 saturated heterocycles. The number of benzene rings is 1. The molecule has 2 amide bonds. The van der Waals surface area contributed by atoms with Gasteiger partial charge in [0.15, 0.2) is 6.17 Å². The maximum atomic E-state index is 14.9. The molecule has 36 heavy (non-hydrogen) atoms. The zero-order valence-electron chi connectivity index (χ0n) is 18.7. The fraction of sp³-hybridized carbons (Fsp3) is 0.304. The number of nitrogens with zero attached hydrogens (tertiary/aromatic N) is 3. The molecule has 2 unspecified atom stereocenters. The molecule has 1 aliphatic heterocycles. The lowest BCUT2D eigenvalue weighted by Crippen LogP contribution is -2.49. The molecule has 1 fully saturated rings. The molecule has 0 spiro atoms. The van der Waals surface area contributed by atoms with Crippen LogP contribution in [0, 0.1) is 0 Å². The van der Waals surface area contributed by atoms with Crippen molar-refractivity contribution in [1.82, 2.24) is 20.1 Å². The summed E-state index contributed by atoms with van der Waals surface area (Å²) in [4.78, 5) is 30.0. The number of nitrogens with one attached hydrogen (secondary N) is 1. The van der Waals surface area contributed by atoms with Crippen molar-refractivity contribution < 1.29 is 36.6 Å². The van der Waals surface area contributed by atoms with Gasteiger partial charge in [-0.15, -0.1) is 13.2 Å². The first-order valence-electron chi connectivity index (χ1n) is 10.8. The molecule has 9 nitrogen and oxygen atoms in total. The maximum Gasteiger partial charge on any atom is 0.573 e. The predicted molar refractivity (Wildman–Crippen MR) is 118 cm³/mol. The highest BCUT2D eigenvalue weighted by Gasteiger charge is 2.34. The van der Waals surface area contributed by atoms with E-state index in [0.29, 0.717) is 16.7 Å². The number of amides is 2. The molecule has 13 heteroatoms. The summed E-state index contributed by atoms with van der Waals surface area (Å²) in [7, 11) is 0. The Bertz CT molecular complexity index is 1220. The second-order valence-electron chi connectivity index (χ2n) is 8.10. The number of primary amides is 1. The number of ether oxygens (including phenoxy) is 2. The summed E-state index contributed by atoms with van der Waals surface area (Å²) in [5, 5.41) is 6.48. The number of carbonyl (C=O) groups excluding carboxylic acids is 2. The summed E-state index contributed by atoms with van der Waals surface area (Å²) >= 11 is 0. The van der Waals surface area contributed by atoms with Crippen molar-refractivity contribution in [2.24, 2.45) is 5.73 Å². The van der Waals surface area contributed by atoms with Crippen LogP contribution >= 0.6 is 0 Å². The number of likely N-dealkylation sites (tertiary alicyclic amines) is 1. The molecule has 0 saturated carbocycles. The van der Waals surface area contributed by atoms with Crippen LogP contribution in [-0.2, 0) is 11.2 Å². The number of hydrogen-bond donors (Lipinski definition) is 2. The van der Waals surface area contributed by atoms with Crippen molar-refractivity contribution in [3.05, 3.63) is 60.0 Å². The van der Waals surface area contributed by atoms with E-state index >= 15 is 0 Å². The minimum atomic E-state index is -4.81. The summed E-state index contributed by atoms with van der Waals surface area (Å²) in [6, 6.07) is 6.37. The monoisotopic (exact) mass is 507 g/mol. The van der Waals surface area contributed by atoms with Crippen LogP contribution in [-0.4, -0.2) is 63.6 Å². The summed E-state index contributed by atoms with van der Waals surface area (Å²) in [6.07, 6.45) is -2.73. The van der Waals surface area contributed by atoms with E-state index < -0.39 is 30.3 Å². The number of aromatic amines is 1. The highest BCUT2D eigenvalue weighted by molar-refractivity contribution is 5.96. The third-order valence-corrected chi connectivity index (χ3v) is 5.56. The largest absolute Gasteiger partial charge is 0.573 e. The van der Waals surface area contributed by atoms with E-state index in [4.69, 9.17) is 10.5 Å². The van der Waals surface area contributed by atoms with E-state index in [9.17, 15) is 27.2 Å². The quantitative estimate of drug-likeness (QED) is 0.474. The molecule has 0 radical (unpaired) electrons. The Morgan fingerprint density at radius 1 is 1.17 bits per heavy atom. The van der Waals surface area contributed by atoms with Gasteiger partial charge in [0.05, 0.1) is 19.2 Å². The molecule has 3 N–H and O–H groups in total. The first-order chi connectivity index (χ1) is 17.1. The van der Waals surface area contributed by atoms with Gasteiger partial charge in [0.1, 0.15) is 17.4 Å². The van der Waals surface area contributed by atoms with Crippen LogP contribution in [0.1, 0.15) is 22.3 Å². The van der Waals surface area contributed by atoms with Crippen LogP contribution in [0.3, 0.4) is 0 Å². The highest BCUT2D eigenvalue weighted by Crippen LogP contribution is 2.27. The van der Waals surface area contributed by atoms with Gasteiger partial charge in [0.2, 0.25) is 11.8 Å². The van der Waals surface area contributed by atoms with Gasteiger partial charge in [-0.3, -0.25) is 14.7 Å². The van der Waals surface area contributed by atoms with E-state index in [0.717, 1.165) is 12.1 Å². The van der Waals surface area contributed by atoms with Crippen LogP contribution in [0.4, 0.5) is 17.6 Å². The van der Waals surface area contributed by atoms with E-state index in [1.165, 1.54) is 35.5 Å². The molecular weight excluding hydrogens is 486 g/mol. The Labute approximate surface area is 202 Å². The summed E-state index contributed by atoms with van der Waals surface area (Å²) in [5.74, 6) is -1.69. The lowest BCUT2D eigenvalue weighted by Gasteiger charge is -2.34. The standard InChI is InChI=1S/C23H21F4N5O4/c24-18-12-32(20(33)7-13-1-3-16(4-2-13)36-23(25,26)27)6-5-19(18)35-22-17(21(28)34)8-14(9-29-22)15-10-30-31-11-15/h1-4,8-11,18-19H,5-7,12H2,(H2,28,34)(H,30,31). The van der Waals surface area contributed by atoms with Crippen molar-refractivity contribution in [3.63, 3.8) is 0 Å². The van der Waals surface area contributed by atoms with Gasteiger partial charge in [0.25, 0.3) is 5.91 Å². The second kappa shape index (κ2) is 10.2. The predicted octanol–water partition coefficient (Wildman–Crippen LogP) is 3.03. The Balaban J connectivity index is 1.36. The van der Waals surface area contributed by atoms with Gasteiger partial charge in [0, 0.05) is 36.5 Å². The molecular formula is C23H21F4N5O4. The Morgan fingerprint density at radius 2 is 1.92 bits per heavy atom. The number of H-pyrrole nitrogens is 1. The average molecular weight is 507 g/mol. The van der Waals surface area contributed by atoms with Crippen molar-refractivity contribution in [1.29, 1.82) is 0 Å². The molecule has 2 atom stereocenters. The first kappa shape index (κ1) is 24.9. The number of hydrogen-bond acceptors (Lipinski definition) is 6. The Morgan fingerprint density at radius 3 is 2.53 bits per heavy atom. The number of rotatable bonds is 7. The van der Waals surface area contributed by atoms with Gasteiger partial charge in [-0.2, -0.15) is 5.10 Å². The first-order valence-corrected chi connectivity index (χ1v) is 10.8. The normalized spacial score (nSPS) is 18.1. The van der Waals surface area contributed by atoms with Gasteiger partial charge in [-0.25, -0.2) is 9.37 Å². The second-order valence-corrected chi connectivity index (χ2v) is 8.10. The molecule has 1 aliphatic rings. The lowest BCUT2D eigenvalue weighted by molar-refractivity contribution is -0.274. The van der Waals surface area contributed by atoms with E-state index in [2.05, 4.69) is 19.9 Å². The van der Waals surface area contributed by atoms with Gasteiger partial charge in [-0.05, 0) is 23.8 Å². The van der Waals surface area contributed by atoms with Crippen molar-refractivity contribution in [2.45, 2.75) is 31.5 Å². The fourth-order valence-corrected chi connectivity index (χ4v) is 3.77.